The smallest absolute Gasteiger partial charge is 0.260 e. The van der Waals surface area contributed by atoms with Crippen molar-refractivity contribution in [2.75, 3.05) is 23.4 Å². The molecule has 2 heterocycles. The Hall–Kier alpha value is -2.38. The predicted octanol–water partition coefficient (Wildman–Crippen LogP) is 4.26. The van der Waals surface area contributed by atoms with E-state index in [9.17, 15) is 4.79 Å². The van der Waals surface area contributed by atoms with Crippen LogP contribution in [0.3, 0.4) is 0 Å². The summed E-state index contributed by atoms with van der Waals surface area (Å²) < 4.78 is 0. The maximum atomic E-state index is 12.6. The Morgan fingerprint density at radius 1 is 1.29 bits per heavy atom. The SMILES string of the molecule is CCCCNc1ncc(C(=O)NC2=NN(c3ccc(Cl)c(Cl)c3)CC2)c(C)n1. The summed E-state index contributed by atoms with van der Waals surface area (Å²) in [6.07, 6.45) is 4.29. The third-order valence-electron chi connectivity index (χ3n) is 4.30. The van der Waals surface area contributed by atoms with Crippen LogP contribution >= 0.6 is 23.2 Å². The van der Waals surface area contributed by atoms with Crippen molar-refractivity contribution in [1.29, 1.82) is 0 Å². The van der Waals surface area contributed by atoms with Crippen molar-refractivity contribution in [2.24, 2.45) is 5.10 Å². The van der Waals surface area contributed by atoms with Gasteiger partial charge in [0.1, 0.15) is 5.84 Å². The molecule has 0 unspecified atom stereocenters. The van der Waals surface area contributed by atoms with Gasteiger partial charge in [0.05, 0.1) is 27.0 Å². The number of hydrogen-bond donors (Lipinski definition) is 2. The number of nitrogens with zero attached hydrogens (tertiary/aromatic N) is 4. The zero-order chi connectivity index (χ0) is 20.1. The average Bonchev–Trinajstić information content (AvgIpc) is 3.12. The molecule has 0 radical (unpaired) electrons. The van der Waals surface area contributed by atoms with Crippen LogP contribution in [-0.4, -0.2) is 34.8 Å². The number of carbonyl (C=O) groups is 1. The van der Waals surface area contributed by atoms with Gasteiger partial charge in [-0.15, -0.1) is 0 Å². The molecule has 3 rings (SSSR count). The van der Waals surface area contributed by atoms with Crippen LogP contribution in [0.1, 0.15) is 42.2 Å². The van der Waals surface area contributed by atoms with Crippen LogP contribution in [0.4, 0.5) is 11.6 Å². The average molecular weight is 421 g/mol. The summed E-state index contributed by atoms with van der Waals surface area (Å²) in [6.45, 7) is 5.36. The minimum absolute atomic E-state index is 0.271. The Labute approximate surface area is 174 Å². The second-order valence-electron chi connectivity index (χ2n) is 6.45. The first-order valence-corrected chi connectivity index (χ1v) is 9.92. The van der Waals surface area contributed by atoms with Crippen molar-refractivity contribution >= 4 is 46.6 Å². The lowest BCUT2D eigenvalue weighted by molar-refractivity contribution is 0.0975. The lowest BCUT2D eigenvalue weighted by Gasteiger charge is -2.13. The first-order valence-electron chi connectivity index (χ1n) is 9.17. The van der Waals surface area contributed by atoms with Crippen LogP contribution in [0.25, 0.3) is 0 Å². The molecule has 0 fully saturated rings. The van der Waals surface area contributed by atoms with E-state index < -0.39 is 0 Å². The number of nitrogens with one attached hydrogen (secondary N) is 2. The molecule has 9 heteroatoms. The highest BCUT2D eigenvalue weighted by molar-refractivity contribution is 6.42. The van der Waals surface area contributed by atoms with Gasteiger partial charge in [-0.3, -0.25) is 9.80 Å². The third kappa shape index (κ3) is 4.91. The Balaban J connectivity index is 1.65. The number of hydrogen-bond acceptors (Lipinski definition) is 6. The molecule has 2 N–H and O–H groups in total. The molecule has 1 aliphatic rings. The summed E-state index contributed by atoms with van der Waals surface area (Å²) in [5.41, 5.74) is 1.86. The van der Waals surface area contributed by atoms with E-state index in [-0.39, 0.29) is 5.91 Å². The van der Waals surface area contributed by atoms with Crippen molar-refractivity contribution in [1.82, 2.24) is 15.3 Å². The molecule has 0 aliphatic carbocycles. The van der Waals surface area contributed by atoms with Gasteiger partial charge >= 0.3 is 0 Å². The minimum atomic E-state index is -0.271. The molecule has 0 saturated heterocycles. The first-order chi connectivity index (χ1) is 13.5. The second kappa shape index (κ2) is 9.21. The Morgan fingerprint density at radius 2 is 2.11 bits per heavy atom. The molecule has 1 aromatic carbocycles. The monoisotopic (exact) mass is 420 g/mol. The number of aromatic nitrogens is 2. The summed E-state index contributed by atoms with van der Waals surface area (Å²) in [4.78, 5) is 21.2. The largest absolute Gasteiger partial charge is 0.354 e. The number of amidine groups is 1. The molecule has 0 bridgehead atoms. The maximum absolute atomic E-state index is 12.6. The molecule has 148 valence electrons. The number of hydrazone groups is 1. The molecule has 7 nitrogen and oxygen atoms in total. The Bertz CT molecular complexity index is 902. The lowest BCUT2D eigenvalue weighted by atomic mass is 10.2. The minimum Gasteiger partial charge on any atom is -0.354 e. The molecule has 1 aromatic heterocycles. The van der Waals surface area contributed by atoms with Crippen molar-refractivity contribution in [3.63, 3.8) is 0 Å². The highest BCUT2D eigenvalue weighted by atomic mass is 35.5. The van der Waals surface area contributed by atoms with Crippen LogP contribution in [0.5, 0.6) is 0 Å². The molecule has 28 heavy (non-hydrogen) atoms. The van der Waals surface area contributed by atoms with Gasteiger partial charge in [-0.25, -0.2) is 9.97 Å². The van der Waals surface area contributed by atoms with E-state index in [0.29, 0.717) is 46.1 Å². The van der Waals surface area contributed by atoms with Gasteiger partial charge in [-0.2, -0.15) is 5.10 Å². The third-order valence-corrected chi connectivity index (χ3v) is 5.04. The van der Waals surface area contributed by atoms with Crippen molar-refractivity contribution in [2.45, 2.75) is 33.1 Å². The lowest BCUT2D eigenvalue weighted by Crippen LogP contribution is -2.30. The van der Waals surface area contributed by atoms with E-state index in [1.54, 1.807) is 24.1 Å². The molecular formula is C19H22Cl2N6O. The molecule has 2 aromatic rings. The van der Waals surface area contributed by atoms with Crippen molar-refractivity contribution in [3.8, 4) is 0 Å². The molecule has 1 amide bonds. The quantitative estimate of drug-likeness (QED) is 0.682. The normalized spacial score (nSPS) is 13.4. The number of rotatable bonds is 6. The number of amides is 1. The number of benzene rings is 1. The van der Waals surface area contributed by atoms with Crippen LogP contribution in [-0.2, 0) is 0 Å². The zero-order valence-electron chi connectivity index (χ0n) is 15.8. The maximum Gasteiger partial charge on any atom is 0.260 e. The highest BCUT2D eigenvalue weighted by Gasteiger charge is 2.20. The summed E-state index contributed by atoms with van der Waals surface area (Å²) in [6, 6.07) is 5.31. The molecular weight excluding hydrogens is 399 g/mol. The first kappa shape index (κ1) is 20.4. The van der Waals surface area contributed by atoms with Crippen LogP contribution in [0.2, 0.25) is 10.0 Å². The van der Waals surface area contributed by atoms with Gasteiger partial charge in [-0.1, -0.05) is 36.5 Å². The number of unbranched alkanes of at least 4 members (excludes halogenated alkanes) is 1. The summed E-state index contributed by atoms with van der Waals surface area (Å²) in [7, 11) is 0. The van der Waals surface area contributed by atoms with Gasteiger partial charge in [-0.05, 0) is 31.5 Å². The Morgan fingerprint density at radius 3 is 2.82 bits per heavy atom. The second-order valence-corrected chi connectivity index (χ2v) is 7.26. The topological polar surface area (TPSA) is 82.5 Å². The van der Waals surface area contributed by atoms with E-state index in [4.69, 9.17) is 23.2 Å². The number of halogens is 2. The predicted molar refractivity (Wildman–Crippen MR) is 113 cm³/mol. The van der Waals surface area contributed by atoms with E-state index >= 15 is 0 Å². The summed E-state index contributed by atoms with van der Waals surface area (Å²) in [5.74, 6) is 0.847. The van der Waals surface area contributed by atoms with E-state index in [1.165, 1.54) is 6.20 Å². The van der Waals surface area contributed by atoms with Crippen LogP contribution < -0.4 is 15.6 Å². The van der Waals surface area contributed by atoms with Gasteiger partial charge in [0.15, 0.2) is 0 Å². The van der Waals surface area contributed by atoms with Gasteiger partial charge < -0.3 is 10.6 Å². The number of carbonyl (C=O) groups excluding carboxylic acids is 1. The summed E-state index contributed by atoms with van der Waals surface area (Å²) >= 11 is 12.0. The molecule has 0 saturated carbocycles. The Kier molecular flexibility index (Phi) is 6.70. The van der Waals surface area contributed by atoms with E-state index in [1.807, 2.05) is 6.07 Å². The fourth-order valence-electron chi connectivity index (χ4n) is 2.73. The molecule has 0 atom stereocenters. The van der Waals surface area contributed by atoms with E-state index in [0.717, 1.165) is 25.1 Å². The van der Waals surface area contributed by atoms with E-state index in [2.05, 4.69) is 32.6 Å². The van der Waals surface area contributed by atoms with Gasteiger partial charge in [0.25, 0.3) is 5.91 Å². The highest BCUT2D eigenvalue weighted by Crippen LogP contribution is 2.28. The van der Waals surface area contributed by atoms with Crippen LogP contribution in [0, 0.1) is 6.92 Å². The van der Waals surface area contributed by atoms with Gasteiger partial charge in [0, 0.05) is 25.7 Å². The standard InChI is InChI=1S/C19H22Cl2N6O/c1-3-4-8-22-19-23-11-14(12(2)24-19)18(28)25-17-7-9-27(26-17)13-5-6-15(20)16(21)10-13/h5-6,10-11H,3-4,7-9H2,1-2H3,(H,22,23,24)(H,25,26,28). The number of anilines is 2. The number of aryl methyl sites for hydroxylation is 1. The zero-order valence-corrected chi connectivity index (χ0v) is 17.3. The van der Waals surface area contributed by atoms with Crippen LogP contribution in [0.15, 0.2) is 29.5 Å². The van der Waals surface area contributed by atoms with Gasteiger partial charge in [0.2, 0.25) is 5.95 Å². The molecule has 1 aliphatic heterocycles. The van der Waals surface area contributed by atoms with Crippen molar-refractivity contribution < 1.29 is 4.79 Å². The fourth-order valence-corrected chi connectivity index (χ4v) is 3.02. The van der Waals surface area contributed by atoms with Crippen molar-refractivity contribution in [3.05, 3.63) is 45.7 Å². The fraction of sp³-hybridized carbons (Fsp3) is 0.368. The summed E-state index contributed by atoms with van der Waals surface area (Å²) in [5, 5.41) is 13.2. The molecule has 0 spiro atoms.